The number of anilines is 3. The molecular formula is C32H32F2N8O3. The van der Waals surface area contributed by atoms with Crippen molar-refractivity contribution in [2.45, 2.75) is 25.8 Å². The summed E-state index contributed by atoms with van der Waals surface area (Å²) in [5, 5.41) is 7.20. The molecule has 0 radical (unpaired) electrons. The minimum absolute atomic E-state index is 0.0481. The number of likely N-dealkylation sites (tertiary alicyclic amines) is 1. The second-order valence-corrected chi connectivity index (χ2v) is 10.2. The molecule has 4 N–H and O–H groups in total. The first-order valence-corrected chi connectivity index (χ1v) is 14.1. The zero-order chi connectivity index (χ0) is 31.9. The number of nitrogens with one attached hydrogen (secondary N) is 2. The van der Waals surface area contributed by atoms with Gasteiger partial charge in [-0.25, -0.2) is 19.3 Å². The van der Waals surface area contributed by atoms with Crippen molar-refractivity contribution >= 4 is 45.9 Å². The third-order valence-corrected chi connectivity index (χ3v) is 7.15. The Hall–Kier alpha value is -5.59. The number of amides is 1. The zero-order valence-electron chi connectivity index (χ0n) is 24.8. The summed E-state index contributed by atoms with van der Waals surface area (Å²) in [5.41, 5.74) is 7.95. The number of nitrogens with two attached hydrogens (primary N) is 1. The summed E-state index contributed by atoms with van der Waals surface area (Å²) < 4.78 is 40.1. The van der Waals surface area contributed by atoms with Crippen molar-refractivity contribution < 1.29 is 23.0 Å². The highest BCUT2D eigenvalue weighted by Gasteiger charge is 2.23. The van der Waals surface area contributed by atoms with Gasteiger partial charge in [0.1, 0.15) is 35.1 Å². The van der Waals surface area contributed by atoms with Gasteiger partial charge in [-0.1, -0.05) is 6.58 Å². The van der Waals surface area contributed by atoms with Crippen molar-refractivity contribution in [1.29, 1.82) is 0 Å². The van der Waals surface area contributed by atoms with Crippen LogP contribution in [0, 0.1) is 18.7 Å². The van der Waals surface area contributed by atoms with Crippen LogP contribution in [0.25, 0.3) is 10.9 Å². The van der Waals surface area contributed by atoms with Crippen LogP contribution in [0.3, 0.4) is 0 Å². The molecule has 2 aromatic heterocycles. The molecule has 0 saturated carbocycles. The quantitative estimate of drug-likeness (QED) is 0.0910. The summed E-state index contributed by atoms with van der Waals surface area (Å²) in [6.07, 6.45) is 6.81. The molecule has 45 heavy (non-hydrogen) atoms. The number of methoxy groups -OCH3 is 1. The molecule has 0 spiro atoms. The lowest BCUT2D eigenvalue weighted by atomic mass is 10.0. The Morgan fingerprint density at radius 3 is 2.64 bits per heavy atom. The van der Waals surface area contributed by atoms with Crippen LogP contribution in [0.2, 0.25) is 0 Å². The number of nitrogens with zero attached hydrogens (tertiary/aromatic N) is 5. The average molecular weight is 615 g/mol. The highest BCUT2D eigenvalue weighted by Crippen LogP contribution is 2.35. The van der Waals surface area contributed by atoms with Crippen LogP contribution < -0.4 is 25.8 Å². The van der Waals surface area contributed by atoms with Crippen molar-refractivity contribution in [1.82, 2.24) is 19.9 Å². The summed E-state index contributed by atoms with van der Waals surface area (Å²) in [5.74, 6) is -0.331. The van der Waals surface area contributed by atoms with Crippen molar-refractivity contribution in [3.63, 3.8) is 0 Å². The van der Waals surface area contributed by atoms with E-state index in [0.29, 0.717) is 41.3 Å². The SMILES string of the molecule is C=CC(=O)N1CCC(Nc2cc3c(Nc4ccc(O/C(N)=C/C=Nc5ccc(C)nc5F)cc4F)ncnc3cc2OC)CC1. The van der Waals surface area contributed by atoms with E-state index in [-0.39, 0.29) is 35.0 Å². The van der Waals surface area contributed by atoms with E-state index < -0.39 is 11.8 Å². The standard InChI is InChI=1S/C32H32F2N8O3/c1-4-30(43)42-13-10-20(11-14-42)40-27-16-22-26(17-28(27)44-3)37-18-38-32(22)41-24-8-6-21(15-23(24)33)45-29(35)9-12-36-25-7-5-19(2)39-31(25)34/h4-9,12,15-18,20,40H,1,10-11,13-14,35H2,2-3H3,(H,37,38,41)/b29-9+,36-12?. The number of ether oxygens (including phenoxy) is 2. The van der Waals surface area contributed by atoms with Crippen molar-refractivity contribution in [2.24, 2.45) is 10.7 Å². The Morgan fingerprint density at radius 2 is 1.93 bits per heavy atom. The smallest absolute Gasteiger partial charge is 0.245 e. The molecule has 1 aliphatic rings. The molecule has 232 valence electrons. The van der Waals surface area contributed by atoms with Gasteiger partial charge in [-0.2, -0.15) is 4.39 Å². The van der Waals surface area contributed by atoms with E-state index in [2.05, 4.69) is 37.2 Å². The maximum Gasteiger partial charge on any atom is 0.245 e. The number of rotatable bonds is 10. The highest BCUT2D eigenvalue weighted by molar-refractivity contribution is 5.95. The molecule has 1 fully saturated rings. The number of pyridine rings is 1. The molecule has 0 atom stereocenters. The lowest BCUT2D eigenvalue weighted by molar-refractivity contribution is -0.126. The molecule has 1 amide bonds. The predicted molar refractivity (Wildman–Crippen MR) is 169 cm³/mol. The Labute approximate surface area is 258 Å². The number of halogens is 2. The minimum atomic E-state index is -0.702. The summed E-state index contributed by atoms with van der Waals surface area (Å²) in [6.45, 7) is 6.47. The molecule has 1 saturated heterocycles. The molecule has 0 unspecified atom stereocenters. The average Bonchev–Trinajstić information content (AvgIpc) is 3.03. The lowest BCUT2D eigenvalue weighted by Gasteiger charge is -2.32. The van der Waals surface area contributed by atoms with Gasteiger partial charge in [0, 0.05) is 54.6 Å². The molecule has 3 heterocycles. The molecule has 11 nitrogen and oxygen atoms in total. The van der Waals surface area contributed by atoms with Crippen molar-refractivity contribution in [3.05, 3.63) is 90.9 Å². The lowest BCUT2D eigenvalue weighted by Crippen LogP contribution is -2.41. The van der Waals surface area contributed by atoms with E-state index in [1.54, 1.807) is 31.1 Å². The van der Waals surface area contributed by atoms with E-state index in [0.717, 1.165) is 18.5 Å². The molecule has 5 rings (SSSR count). The van der Waals surface area contributed by atoms with Gasteiger partial charge >= 0.3 is 0 Å². The molecule has 1 aliphatic heterocycles. The summed E-state index contributed by atoms with van der Waals surface area (Å²) in [4.78, 5) is 30.1. The number of hydrogen-bond acceptors (Lipinski definition) is 10. The summed E-state index contributed by atoms with van der Waals surface area (Å²) in [7, 11) is 1.58. The first-order chi connectivity index (χ1) is 21.7. The van der Waals surface area contributed by atoms with Gasteiger partial charge in [0.25, 0.3) is 0 Å². The molecule has 4 aromatic rings. The number of carbonyl (C=O) groups excluding carboxylic acids is 1. The zero-order valence-corrected chi connectivity index (χ0v) is 24.8. The number of aliphatic imine (C=N–C) groups is 1. The summed E-state index contributed by atoms with van der Waals surface area (Å²) in [6, 6.07) is 11.1. The number of fused-ring (bicyclic) bond motifs is 1. The van der Waals surface area contributed by atoms with Gasteiger partial charge in [0.15, 0.2) is 5.88 Å². The van der Waals surface area contributed by atoms with Gasteiger partial charge < -0.3 is 30.7 Å². The largest absolute Gasteiger partial charge is 0.495 e. The predicted octanol–water partition coefficient (Wildman–Crippen LogP) is 5.53. The number of carbonyl (C=O) groups is 1. The number of aryl methyl sites for hydroxylation is 1. The normalized spacial score (nSPS) is 14.0. The van der Waals surface area contributed by atoms with E-state index >= 15 is 4.39 Å². The third-order valence-electron chi connectivity index (χ3n) is 7.15. The van der Waals surface area contributed by atoms with E-state index in [1.165, 1.54) is 49.0 Å². The summed E-state index contributed by atoms with van der Waals surface area (Å²) >= 11 is 0. The number of aromatic nitrogens is 3. The maximum atomic E-state index is 15.2. The number of benzene rings is 2. The number of piperidine rings is 1. The van der Waals surface area contributed by atoms with Crippen LogP contribution in [0.15, 0.2) is 78.4 Å². The van der Waals surface area contributed by atoms with E-state index in [1.807, 2.05) is 6.07 Å². The second kappa shape index (κ2) is 13.8. The first kappa shape index (κ1) is 30.9. The molecule has 13 heteroatoms. The molecule has 0 bridgehead atoms. The fraction of sp³-hybridized carbons (Fsp3) is 0.219. The second-order valence-electron chi connectivity index (χ2n) is 10.2. The van der Waals surface area contributed by atoms with Crippen molar-refractivity contribution in [2.75, 3.05) is 30.8 Å². The number of hydrogen-bond donors (Lipinski definition) is 3. The van der Waals surface area contributed by atoms with Crippen LogP contribution in [0.5, 0.6) is 11.5 Å². The fourth-order valence-electron chi connectivity index (χ4n) is 4.82. The van der Waals surface area contributed by atoms with Crippen molar-refractivity contribution in [3.8, 4) is 11.5 Å². The van der Waals surface area contributed by atoms with Gasteiger partial charge in [0.05, 0.1) is 24.0 Å². The van der Waals surface area contributed by atoms with Gasteiger partial charge in [-0.15, -0.1) is 0 Å². The van der Waals surface area contributed by atoms with E-state index in [9.17, 15) is 9.18 Å². The molecule has 2 aromatic carbocycles. The highest BCUT2D eigenvalue weighted by atomic mass is 19.1. The fourth-order valence-corrected chi connectivity index (χ4v) is 4.82. The Balaban J connectivity index is 1.29. The molecule has 0 aliphatic carbocycles. The maximum absolute atomic E-state index is 15.2. The minimum Gasteiger partial charge on any atom is -0.495 e. The third kappa shape index (κ3) is 7.50. The van der Waals surface area contributed by atoms with Gasteiger partial charge in [-0.05, 0) is 56.2 Å². The van der Waals surface area contributed by atoms with E-state index in [4.69, 9.17) is 15.2 Å². The monoisotopic (exact) mass is 614 g/mol. The molecular weight excluding hydrogens is 582 g/mol. The first-order valence-electron chi connectivity index (χ1n) is 14.1. The van der Waals surface area contributed by atoms with Crippen LogP contribution >= 0.6 is 0 Å². The van der Waals surface area contributed by atoms with Crippen LogP contribution in [-0.2, 0) is 4.79 Å². The Morgan fingerprint density at radius 1 is 1.13 bits per heavy atom. The number of allylic oxidation sites excluding steroid dienone is 1. The van der Waals surface area contributed by atoms with Crippen LogP contribution in [-0.4, -0.2) is 58.2 Å². The Bertz CT molecular complexity index is 1790. The van der Waals surface area contributed by atoms with Gasteiger partial charge in [-0.3, -0.25) is 9.79 Å². The topological polar surface area (TPSA) is 140 Å². The van der Waals surface area contributed by atoms with Crippen LogP contribution in [0.1, 0.15) is 18.5 Å². The Kier molecular flexibility index (Phi) is 9.46. The van der Waals surface area contributed by atoms with Crippen LogP contribution in [0.4, 0.5) is 31.7 Å². The van der Waals surface area contributed by atoms with Gasteiger partial charge in [0.2, 0.25) is 11.9 Å².